The van der Waals surface area contributed by atoms with Gasteiger partial charge in [-0.05, 0) is 59.9 Å². The number of aryl methyl sites for hydroxylation is 1. The zero-order valence-corrected chi connectivity index (χ0v) is 23.1. The van der Waals surface area contributed by atoms with E-state index in [0.717, 1.165) is 41.8 Å². The summed E-state index contributed by atoms with van der Waals surface area (Å²) in [5, 5.41) is 16.6. The molecule has 0 saturated carbocycles. The summed E-state index contributed by atoms with van der Waals surface area (Å²) in [5.41, 5.74) is -3.94. The number of amides is 1. The second-order valence-corrected chi connectivity index (χ2v) is 11.4. The van der Waals surface area contributed by atoms with Crippen LogP contribution in [0.1, 0.15) is 34.0 Å². The molecule has 222 valence electrons. The minimum absolute atomic E-state index is 0.00306. The van der Waals surface area contributed by atoms with Crippen LogP contribution in [0.25, 0.3) is 0 Å². The minimum Gasteiger partial charge on any atom is -0.390 e. The van der Waals surface area contributed by atoms with E-state index in [1.807, 2.05) is 31.2 Å². The molecular formula is C28H30F5N3O4S. The number of carbonyl (C=O) groups excluding carboxylic acids is 1. The smallest absolute Gasteiger partial charge is 0.390 e. The molecule has 0 aliphatic rings. The molecule has 2 unspecified atom stereocenters. The molecule has 3 aromatic carbocycles. The molecule has 0 radical (unpaired) electrons. The molecule has 41 heavy (non-hydrogen) atoms. The second kappa shape index (κ2) is 13.4. The first-order valence-corrected chi connectivity index (χ1v) is 14.0. The summed E-state index contributed by atoms with van der Waals surface area (Å²) < 4.78 is 90.3. The van der Waals surface area contributed by atoms with Crippen molar-refractivity contribution >= 4 is 21.6 Å². The lowest BCUT2D eigenvalue weighted by Gasteiger charge is -2.25. The Balaban J connectivity index is 1.80. The minimum atomic E-state index is -5.71. The molecule has 2 atom stereocenters. The van der Waals surface area contributed by atoms with Gasteiger partial charge in [0.25, 0.3) is 5.91 Å². The quantitative estimate of drug-likeness (QED) is 0.270. The molecule has 0 bridgehead atoms. The Morgan fingerprint density at radius 3 is 2.22 bits per heavy atom. The molecule has 7 nitrogen and oxygen atoms in total. The zero-order valence-electron chi connectivity index (χ0n) is 22.3. The molecule has 0 fully saturated rings. The Labute approximate surface area is 235 Å². The number of nitrogens with one attached hydrogen (secondary N) is 2. The van der Waals surface area contributed by atoms with Gasteiger partial charge in [0.1, 0.15) is 11.6 Å². The highest BCUT2D eigenvalue weighted by Gasteiger charge is 2.49. The van der Waals surface area contributed by atoms with Gasteiger partial charge >= 0.3 is 15.5 Å². The number of halogens is 5. The third-order valence-corrected chi connectivity index (χ3v) is 7.88. The van der Waals surface area contributed by atoms with Crippen LogP contribution < -0.4 is 14.9 Å². The van der Waals surface area contributed by atoms with Gasteiger partial charge in [-0.15, -0.1) is 0 Å². The number of hydrogen-bond acceptors (Lipinski definition) is 5. The first-order chi connectivity index (χ1) is 19.2. The molecule has 0 aromatic heterocycles. The average molecular weight is 600 g/mol. The molecule has 0 heterocycles. The van der Waals surface area contributed by atoms with Gasteiger partial charge < -0.3 is 15.7 Å². The summed E-state index contributed by atoms with van der Waals surface area (Å²) in [6.07, 6.45) is -0.596. The molecule has 0 spiro atoms. The van der Waals surface area contributed by atoms with Crippen molar-refractivity contribution in [1.29, 1.82) is 0 Å². The first kappa shape index (κ1) is 32.0. The van der Waals surface area contributed by atoms with Crippen molar-refractivity contribution in [2.24, 2.45) is 0 Å². The fraction of sp³-hybridized carbons (Fsp3) is 0.321. The highest BCUT2D eigenvalue weighted by atomic mass is 32.2. The SMILES string of the molecule is CCc1cccc(CNCC(O)C(Cc2cc(F)cc(F)c2)NC(=O)c2cccc(N(C)S(=O)(=O)C(F)(F)F)c2)c1. The van der Waals surface area contributed by atoms with E-state index in [-0.39, 0.29) is 28.4 Å². The number of aliphatic hydroxyl groups excluding tert-OH is 1. The zero-order chi connectivity index (χ0) is 30.4. The molecule has 3 aromatic rings. The van der Waals surface area contributed by atoms with Gasteiger partial charge in [-0.2, -0.15) is 21.6 Å². The third kappa shape index (κ3) is 8.47. The lowest BCUT2D eigenvalue weighted by Crippen LogP contribution is -2.48. The van der Waals surface area contributed by atoms with E-state index in [0.29, 0.717) is 19.7 Å². The number of rotatable bonds is 12. The predicted octanol–water partition coefficient (Wildman–Crippen LogP) is 4.30. The Hall–Kier alpha value is -3.55. The van der Waals surface area contributed by atoms with Crippen molar-refractivity contribution < 1.29 is 40.3 Å². The standard InChI is InChI=1S/C28H30F5N3O4S/c1-3-18-6-4-7-19(10-18)16-34-17-26(37)25(13-20-11-22(29)15-23(30)12-20)35-27(38)21-8-5-9-24(14-21)36(2)41(39,40)28(31,32)33/h4-12,14-15,25-26,34,37H,3,13,16-17H2,1-2H3,(H,35,38). The van der Waals surface area contributed by atoms with E-state index < -0.39 is 50.9 Å². The second-order valence-electron chi connectivity index (χ2n) is 9.40. The fourth-order valence-electron chi connectivity index (χ4n) is 4.12. The Bertz CT molecular complexity index is 1450. The molecule has 13 heteroatoms. The van der Waals surface area contributed by atoms with E-state index in [1.165, 1.54) is 12.1 Å². The summed E-state index contributed by atoms with van der Waals surface area (Å²) in [6, 6.07) is 14.0. The number of anilines is 1. The van der Waals surface area contributed by atoms with Crippen LogP contribution in [0.3, 0.4) is 0 Å². The number of benzene rings is 3. The summed E-state index contributed by atoms with van der Waals surface area (Å²) in [6.45, 7) is 2.38. The number of sulfonamides is 1. The Morgan fingerprint density at radius 2 is 1.59 bits per heavy atom. The third-order valence-electron chi connectivity index (χ3n) is 6.37. The van der Waals surface area contributed by atoms with Gasteiger partial charge in [0.2, 0.25) is 0 Å². The van der Waals surface area contributed by atoms with E-state index >= 15 is 0 Å². The van der Waals surface area contributed by atoms with Gasteiger partial charge in [-0.1, -0.05) is 37.3 Å². The van der Waals surface area contributed by atoms with Crippen molar-refractivity contribution in [1.82, 2.24) is 10.6 Å². The number of alkyl halides is 3. The van der Waals surface area contributed by atoms with Crippen molar-refractivity contribution in [3.05, 3.63) is 101 Å². The number of hydrogen-bond donors (Lipinski definition) is 3. The number of nitrogens with zero attached hydrogens (tertiary/aromatic N) is 1. The maximum atomic E-state index is 13.8. The number of carbonyl (C=O) groups is 1. The Kier molecular flexibility index (Phi) is 10.5. The largest absolute Gasteiger partial charge is 0.516 e. The van der Waals surface area contributed by atoms with E-state index in [9.17, 15) is 40.3 Å². The van der Waals surface area contributed by atoms with Gasteiger partial charge in [0.05, 0.1) is 17.8 Å². The van der Waals surface area contributed by atoms with Crippen molar-refractivity contribution in [3.63, 3.8) is 0 Å². The van der Waals surface area contributed by atoms with E-state index in [2.05, 4.69) is 10.6 Å². The maximum Gasteiger partial charge on any atom is 0.516 e. The monoisotopic (exact) mass is 599 g/mol. The molecule has 3 rings (SSSR count). The van der Waals surface area contributed by atoms with Crippen LogP contribution in [-0.2, 0) is 29.4 Å². The van der Waals surface area contributed by atoms with Crippen LogP contribution in [0.4, 0.5) is 27.6 Å². The van der Waals surface area contributed by atoms with E-state index in [4.69, 9.17) is 0 Å². The fourth-order valence-corrected chi connectivity index (χ4v) is 4.82. The maximum absolute atomic E-state index is 13.8. The molecule has 0 aliphatic heterocycles. The normalized spacial score (nSPS) is 13.5. The highest BCUT2D eigenvalue weighted by Crippen LogP contribution is 2.30. The summed E-state index contributed by atoms with van der Waals surface area (Å²) in [4.78, 5) is 13.1. The van der Waals surface area contributed by atoms with Crippen LogP contribution in [0.5, 0.6) is 0 Å². The summed E-state index contributed by atoms with van der Waals surface area (Å²) >= 11 is 0. The number of aliphatic hydroxyl groups is 1. The highest BCUT2D eigenvalue weighted by molar-refractivity contribution is 7.93. The van der Waals surface area contributed by atoms with Crippen LogP contribution in [-0.4, -0.2) is 50.7 Å². The molecular weight excluding hydrogens is 569 g/mol. The average Bonchev–Trinajstić information content (AvgIpc) is 2.91. The lowest BCUT2D eigenvalue weighted by atomic mass is 10.00. The summed E-state index contributed by atoms with van der Waals surface area (Å²) in [5.74, 6) is -2.55. The Morgan fingerprint density at radius 1 is 0.951 bits per heavy atom. The van der Waals surface area contributed by atoms with Crippen LogP contribution in [0.2, 0.25) is 0 Å². The van der Waals surface area contributed by atoms with Gasteiger partial charge in [0.15, 0.2) is 0 Å². The predicted molar refractivity (Wildman–Crippen MR) is 145 cm³/mol. The van der Waals surface area contributed by atoms with Crippen molar-refractivity contribution in [3.8, 4) is 0 Å². The first-order valence-electron chi connectivity index (χ1n) is 12.6. The van der Waals surface area contributed by atoms with Crippen LogP contribution in [0, 0.1) is 11.6 Å². The summed E-state index contributed by atoms with van der Waals surface area (Å²) in [7, 11) is -5.01. The molecule has 0 aliphatic carbocycles. The van der Waals surface area contributed by atoms with Crippen LogP contribution >= 0.6 is 0 Å². The van der Waals surface area contributed by atoms with E-state index in [1.54, 1.807) is 0 Å². The van der Waals surface area contributed by atoms with Crippen molar-refractivity contribution in [2.75, 3.05) is 17.9 Å². The van der Waals surface area contributed by atoms with Crippen LogP contribution in [0.15, 0.2) is 66.7 Å². The molecule has 0 saturated heterocycles. The van der Waals surface area contributed by atoms with Gasteiger partial charge in [-0.25, -0.2) is 8.78 Å². The molecule has 1 amide bonds. The van der Waals surface area contributed by atoms with Gasteiger partial charge in [-0.3, -0.25) is 9.10 Å². The van der Waals surface area contributed by atoms with Crippen molar-refractivity contribution in [2.45, 2.75) is 44.0 Å². The lowest BCUT2D eigenvalue weighted by molar-refractivity contribution is -0.0437. The topological polar surface area (TPSA) is 98.7 Å². The molecule has 3 N–H and O–H groups in total. The van der Waals surface area contributed by atoms with Gasteiger partial charge in [0, 0.05) is 31.8 Å².